The fraction of sp³-hybridized carbons (Fsp3) is 0.562. The van der Waals surface area contributed by atoms with Crippen molar-refractivity contribution in [2.24, 2.45) is 11.8 Å². The molecule has 2 heterocycles. The molecule has 130 valence electrons. The highest BCUT2D eigenvalue weighted by Crippen LogP contribution is 2.29. The predicted octanol–water partition coefficient (Wildman–Crippen LogP) is 1.54. The van der Waals surface area contributed by atoms with Gasteiger partial charge in [-0.2, -0.15) is 4.80 Å². The zero-order valence-electron chi connectivity index (χ0n) is 13.7. The number of nitrogens with zero attached hydrogens (tertiary/aromatic N) is 5. The Hall–Kier alpha value is -2.35. The highest BCUT2D eigenvalue weighted by atomic mass is 16.3. The van der Waals surface area contributed by atoms with Gasteiger partial charge in [-0.25, -0.2) is 4.98 Å². The van der Waals surface area contributed by atoms with Crippen LogP contribution >= 0.6 is 0 Å². The Kier molecular flexibility index (Phi) is 6.80. The molecule has 0 aliphatic heterocycles. The second-order valence-electron chi connectivity index (χ2n) is 6.01. The van der Waals surface area contributed by atoms with Gasteiger partial charge in [0, 0.05) is 12.3 Å². The van der Waals surface area contributed by atoms with Crippen LogP contribution in [0.1, 0.15) is 31.4 Å². The molecule has 8 heteroatoms. The molecule has 2 aromatic heterocycles. The lowest BCUT2D eigenvalue weighted by Crippen LogP contribution is -2.21. The molecule has 0 spiro atoms. The fourth-order valence-electron chi connectivity index (χ4n) is 2.92. The van der Waals surface area contributed by atoms with Gasteiger partial charge in [0.05, 0.1) is 6.54 Å². The van der Waals surface area contributed by atoms with Crippen molar-refractivity contribution in [2.75, 3.05) is 6.61 Å². The summed E-state index contributed by atoms with van der Waals surface area (Å²) in [6, 6.07) is 5.81. The van der Waals surface area contributed by atoms with Gasteiger partial charge in [0.15, 0.2) is 0 Å². The van der Waals surface area contributed by atoms with Crippen molar-refractivity contribution in [1.29, 1.82) is 0 Å². The van der Waals surface area contributed by atoms with Gasteiger partial charge >= 0.3 is 0 Å². The van der Waals surface area contributed by atoms with Crippen LogP contribution in [-0.4, -0.2) is 48.5 Å². The van der Waals surface area contributed by atoms with Crippen LogP contribution in [0.4, 0.5) is 0 Å². The van der Waals surface area contributed by atoms with Crippen LogP contribution < -0.4 is 0 Å². The van der Waals surface area contributed by atoms with Gasteiger partial charge in [-0.1, -0.05) is 6.07 Å². The van der Waals surface area contributed by atoms with Gasteiger partial charge in [-0.15, -0.1) is 10.2 Å². The van der Waals surface area contributed by atoms with Crippen molar-refractivity contribution in [3.63, 3.8) is 0 Å². The molecule has 0 unspecified atom stereocenters. The molecule has 0 aromatic carbocycles. The van der Waals surface area contributed by atoms with Gasteiger partial charge in [0.2, 0.25) is 5.82 Å². The number of carbonyl (C=O) groups is 1. The van der Waals surface area contributed by atoms with E-state index in [-0.39, 0.29) is 6.47 Å². The van der Waals surface area contributed by atoms with Crippen molar-refractivity contribution in [2.45, 2.75) is 39.2 Å². The molecule has 0 radical (unpaired) electrons. The van der Waals surface area contributed by atoms with Gasteiger partial charge in [-0.3, -0.25) is 4.79 Å². The van der Waals surface area contributed by atoms with Crippen LogP contribution in [0.15, 0.2) is 18.2 Å². The van der Waals surface area contributed by atoms with Crippen molar-refractivity contribution in [3.05, 3.63) is 23.9 Å². The minimum absolute atomic E-state index is 0.250. The summed E-state index contributed by atoms with van der Waals surface area (Å²) in [5, 5.41) is 28.7. The van der Waals surface area contributed by atoms with E-state index in [0.29, 0.717) is 24.3 Å². The van der Waals surface area contributed by atoms with Crippen molar-refractivity contribution in [3.8, 4) is 11.5 Å². The number of aliphatic hydroxyl groups excluding tert-OH is 1. The molecule has 1 fully saturated rings. The number of aryl methyl sites for hydroxylation is 1. The molecule has 0 bridgehead atoms. The summed E-state index contributed by atoms with van der Waals surface area (Å²) in [6.45, 7) is 2.82. The van der Waals surface area contributed by atoms with Crippen LogP contribution in [0.5, 0.6) is 0 Å². The zero-order valence-corrected chi connectivity index (χ0v) is 13.7. The SMILES string of the molecule is Cc1cccc(-c2nnn(CC3CCC(CO)CC3)n2)n1.O=CO. The second kappa shape index (κ2) is 9.07. The third kappa shape index (κ3) is 5.09. The number of rotatable bonds is 4. The third-order valence-corrected chi connectivity index (χ3v) is 4.22. The lowest BCUT2D eigenvalue weighted by molar-refractivity contribution is -0.122. The van der Waals surface area contributed by atoms with E-state index in [2.05, 4.69) is 20.4 Å². The number of pyridine rings is 1. The van der Waals surface area contributed by atoms with Gasteiger partial charge in [0.25, 0.3) is 6.47 Å². The molecular formula is C16H23N5O3. The van der Waals surface area contributed by atoms with Crippen LogP contribution in [0.25, 0.3) is 11.5 Å². The normalized spacial score (nSPS) is 20.1. The highest BCUT2D eigenvalue weighted by molar-refractivity contribution is 5.47. The third-order valence-electron chi connectivity index (χ3n) is 4.22. The van der Waals surface area contributed by atoms with E-state index in [1.165, 1.54) is 0 Å². The molecule has 8 nitrogen and oxygen atoms in total. The molecule has 1 saturated carbocycles. The van der Waals surface area contributed by atoms with Gasteiger partial charge in [0.1, 0.15) is 5.69 Å². The number of aliphatic hydroxyl groups is 1. The first kappa shape index (κ1) is 18.0. The molecular weight excluding hydrogens is 310 g/mol. The van der Waals surface area contributed by atoms with E-state index < -0.39 is 0 Å². The van der Waals surface area contributed by atoms with E-state index in [4.69, 9.17) is 9.90 Å². The Labute approximate surface area is 140 Å². The van der Waals surface area contributed by atoms with Crippen molar-refractivity contribution >= 4 is 6.47 Å². The maximum atomic E-state index is 9.17. The van der Waals surface area contributed by atoms with E-state index >= 15 is 0 Å². The van der Waals surface area contributed by atoms with Gasteiger partial charge in [-0.05, 0) is 61.8 Å². The average Bonchev–Trinajstić information content (AvgIpc) is 3.05. The summed E-state index contributed by atoms with van der Waals surface area (Å²) in [4.78, 5) is 14.5. The quantitative estimate of drug-likeness (QED) is 0.816. The molecule has 1 aliphatic rings. The van der Waals surface area contributed by atoms with E-state index in [1.807, 2.05) is 25.1 Å². The predicted molar refractivity (Wildman–Crippen MR) is 87.0 cm³/mol. The maximum absolute atomic E-state index is 9.17. The smallest absolute Gasteiger partial charge is 0.290 e. The number of hydrogen-bond acceptors (Lipinski definition) is 6. The van der Waals surface area contributed by atoms with E-state index in [0.717, 1.165) is 43.6 Å². The Morgan fingerprint density at radius 2 is 1.92 bits per heavy atom. The van der Waals surface area contributed by atoms with Crippen LogP contribution in [0, 0.1) is 18.8 Å². The van der Waals surface area contributed by atoms with Crippen molar-refractivity contribution in [1.82, 2.24) is 25.2 Å². The standard InChI is InChI=1S/C15H21N5O.CH2O2/c1-11-3-2-4-14(16-11)15-17-19-20(18-15)9-12-5-7-13(10-21)8-6-12;2-1-3/h2-4,12-13,21H,5-10H2,1H3;1H,(H,2,3). The van der Waals surface area contributed by atoms with Gasteiger partial charge < -0.3 is 10.2 Å². The average molecular weight is 333 g/mol. The monoisotopic (exact) mass is 333 g/mol. The number of carboxylic acid groups (broad SMARTS) is 1. The Bertz CT molecular complexity index is 638. The maximum Gasteiger partial charge on any atom is 0.290 e. The van der Waals surface area contributed by atoms with Crippen LogP contribution in [0.3, 0.4) is 0 Å². The number of aromatic nitrogens is 5. The van der Waals surface area contributed by atoms with E-state index in [1.54, 1.807) is 4.80 Å². The molecule has 2 aromatic rings. The van der Waals surface area contributed by atoms with Crippen LogP contribution in [-0.2, 0) is 11.3 Å². The Morgan fingerprint density at radius 3 is 2.54 bits per heavy atom. The first-order valence-electron chi connectivity index (χ1n) is 8.06. The number of tetrazole rings is 1. The fourth-order valence-corrected chi connectivity index (χ4v) is 2.92. The largest absolute Gasteiger partial charge is 0.483 e. The zero-order chi connectivity index (χ0) is 17.4. The molecule has 24 heavy (non-hydrogen) atoms. The minimum atomic E-state index is -0.250. The van der Waals surface area contributed by atoms with Crippen LogP contribution in [0.2, 0.25) is 0 Å². The summed E-state index contributed by atoms with van der Waals surface area (Å²) in [7, 11) is 0. The molecule has 0 atom stereocenters. The number of hydrogen-bond donors (Lipinski definition) is 2. The lowest BCUT2D eigenvalue weighted by Gasteiger charge is -2.26. The highest BCUT2D eigenvalue weighted by Gasteiger charge is 2.21. The first-order valence-corrected chi connectivity index (χ1v) is 8.06. The molecule has 3 rings (SSSR count). The molecule has 2 N–H and O–H groups in total. The Morgan fingerprint density at radius 1 is 1.25 bits per heavy atom. The summed E-state index contributed by atoms with van der Waals surface area (Å²) in [6.07, 6.45) is 4.46. The topological polar surface area (TPSA) is 114 Å². The summed E-state index contributed by atoms with van der Waals surface area (Å²) in [5.74, 6) is 1.65. The molecule has 0 saturated heterocycles. The summed E-state index contributed by atoms with van der Waals surface area (Å²) >= 11 is 0. The second-order valence-corrected chi connectivity index (χ2v) is 6.01. The summed E-state index contributed by atoms with van der Waals surface area (Å²) in [5.41, 5.74) is 1.72. The molecule has 0 amide bonds. The molecule has 1 aliphatic carbocycles. The summed E-state index contributed by atoms with van der Waals surface area (Å²) < 4.78 is 0. The Balaban J connectivity index is 0.000000647. The van der Waals surface area contributed by atoms with E-state index in [9.17, 15) is 5.11 Å². The lowest BCUT2D eigenvalue weighted by atomic mass is 9.82. The minimum Gasteiger partial charge on any atom is -0.483 e. The first-order chi connectivity index (χ1) is 11.7. The van der Waals surface area contributed by atoms with Crippen molar-refractivity contribution < 1.29 is 15.0 Å².